The number of pyridine rings is 1. The van der Waals surface area contributed by atoms with Crippen LogP contribution in [0.25, 0.3) is 0 Å². The molecule has 18 heavy (non-hydrogen) atoms. The zero-order valence-electron chi connectivity index (χ0n) is 12.6. The van der Waals surface area contributed by atoms with Crippen molar-refractivity contribution in [2.75, 3.05) is 6.61 Å². The Balaban J connectivity index is 2.62. The van der Waals surface area contributed by atoms with Gasteiger partial charge in [0, 0.05) is 30.7 Å². The van der Waals surface area contributed by atoms with E-state index in [1.54, 1.807) is 0 Å². The first-order valence-corrected chi connectivity index (χ1v) is 7.21. The number of hydrogen-bond donors (Lipinski definition) is 0. The molecular formula is C16H28NO+. The lowest BCUT2D eigenvalue weighted by Crippen LogP contribution is -2.49. The van der Waals surface area contributed by atoms with E-state index in [0.29, 0.717) is 5.92 Å². The van der Waals surface area contributed by atoms with E-state index in [1.807, 2.05) is 4.73 Å². The van der Waals surface area contributed by atoms with Gasteiger partial charge in [-0.15, -0.1) is 0 Å². The van der Waals surface area contributed by atoms with Crippen LogP contribution in [0.4, 0.5) is 0 Å². The molecule has 0 radical (unpaired) electrons. The van der Waals surface area contributed by atoms with E-state index in [9.17, 15) is 0 Å². The second-order valence-corrected chi connectivity index (χ2v) is 5.32. The van der Waals surface area contributed by atoms with Crippen LogP contribution in [-0.2, 0) is 0 Å². The lowest BCUT2D eigenvalue weighted by atomic mass is 10.0. The summed E-state index contributed by atoms with van der Waals surface area (Å²) in [5.41, 5.74) is 3.65. The predicted octanol–water partition coefficient (Wildman–Crippen LogP) is 3.54. The Bertz CT molecular complexity index is 350. The standard InChI is InChI=1S/C16H28NO/c1-6-8-9-16(7-2)12-18-17-14(4)10-13(3)11-15(17)5/h10-11,16H,6-9,12H2,1-5H3/q+1. The third-order valence-electron chi connectivity index (χ3n) is 3.50. The summed E-state index contributed by atoms with van der Waals surface area (Å²) in [5.74, 6) is 0.678. The molecular weight excluding hydrogens is 222 g/mol. The first-order chi connectivity index (χ1) is 8.58. The first kappa shape index (κ1) is 15.0. The van der Waals surface area contributed by atoms with Crippen LogP contribution >= 0.6 is 0 Å². The van der Waals surface area contributed by atoms with Gasteiger partial charge < -0.3 is 0 Å². The highest BCUT2D eigenvalue weighted by Gasteiger charge is 2.16. The minimum absolute atomic E-state index is 0.678. The number of aromatic nitrogens is 1. The molecule has 1 atom stereocenters. The summed E-state index contributed by atoms with van der Waals surface area (Å²) >= 11 is 0. The molecule has 0 aromatic carbocycles. The molecule has 0 aliphatic carbocycles. The van der Waals surface area contributed by atoms with Gasteiger partial charge in [0.25, 0.3) is 0 Å². The van der Waals surface area contributed by atoms with Crippen molar-refractivity contribution < 1.29 is 9.57 Å². The number of aryl methyl sites for hydroxylation is 3. The van der Waals surface area contributed by atoms with Crippen LogP contribution in [0.2, 0.25) is 0 Å². The molecule has 0 spiro atoms. The highest BCUT2D eigenvalue weighted by Crippen LogP contribution is 2.11. The van der Waals surface area contributed by atoms with Crippen molar-refractivity contribution in [1.29, 1.82) is 0 Å². The van der Waals surface area contributed by atoms with Crippen LogP contribution in [-0.4, -0.2) is 6.61 Å². The Morgan fingerprint density at radius 1 is 1.11 bits per heavy atom. The first-order valence-electron chi connectivity index (χ1n) is 7.21. The monoisotopic (exact) mass is 250 g/mol. The van der Waals surface area contributed by atoms with E-state index >= 15 is 0 Å². The van der Waals surface area contributed by atoms with Gasteiger partial charge in [-0.3, -0.25) is 4.84 Å². The van der Waals surface area contributed by atoms with E-state index in [-0.39, 0.29) is 0 Å². The molecule has 0 aliphatic rings. The Kier molecular flexibility index (Phi) is 6.17. The molecule has 1 heterocycles. The molecule has 0 fully saturated rings. The zero-order chi connectivity index (χ0) is 13.5. The number of nitrogens with zero attached hydrogens (tertiary/aromatic N) is 1. The molecule has 2 heteroatoms. The van der Waals surface area contributed by atoms with E-state index < -0.39 is 0 Å². The second kappa shape index (κ2) is 7.40. The Morgan fingerprint density at radius 3 is 2.22 bits per heavy atom. The second-order valence-electron chi connectivity index (χ2n) is 5.32. The van der Waals surface area contributed by atoms with Crippen LogP contribution in [0.5, 0.6) is 0 Å². The van der Waals surface area contributed by atoms with Gasteiger partial charge in [0.2, 0.25) is 11.4 Å². The smallest absolute Gasteiger partial charge is 0.231 e. The molecule has 102 valence electrons. The van der Waals surface area contributed by atoms with Crippen LogP contribution < -0.4 is 9.57 Å². The van der Waals surface area contributed by atoms with Gasteiger partial charge in [-0.1, -0.05) is 26.7 Å². The van der Waals surface area contributed by atoms with E-state index in [0.717, 1.165) is 6.61 Å². The van der Waals surface area contributed by atoms with Gasteiger partial charge in [0.15, 0.2) is 6.61 Å². The van der Waals surface area contributed by atoms with Crippen molar-refractivity contribution in [3.8, 4) is 0 Å². The summed E-state index contributed by atoms with van der Waals surface area (Å²) in [6, 6.07) is 4.33. The van der Waals surface area contributed by atoms with Gasteiger partial charge in [-0.05, 0) is 31.2 Å². The van der Waals surface area contributed by atoms with Crippen molar-refractivity contribution in [2.24, 2.45) is 5.92 Å². The van der Waals surface area contributed by atoms with Crippen molar-refractivity contribution in [2.45, 2.75) is 60.3 Å². The van der Waals surface area contributed by atoms with E-state index in [1.165, 1.54) is 42.6 Å². The average molecular weight is 250 g/mol. The highest BCUT2D eigenvalue weighted by atomic mass is 16.7. The maximum atomic E-state index is 5.99. The van der Waals surface area contributed by atoms with E-state index in [4.69, 9.17) is 4.84 Å². The SMILES string of the molecule is CCCCC(CC)CO[n+]1c(C)cc(C)cc1C. The summed E-state index contributed by atoms with van der Waals surface area (Å²) in [6.07, 6.45) is 5.05. The largest absolute Gasteiger partial charge is 0.271 e. The normalized spacial score (nSPS) is 12.5. The zero-order valence-corrected chi connectivity index (χ0v) is 12.6. The van der Waals surface area contributed by atoms with Crippen LogP contribution in [0.1, 0.15) is 56.5 Å². The summed E-state index contributed by atoms with van der Waals surface area (Å²) in [5, 5.41) is 0. The Morgan fingerprint density at radius 2 is 1.72 bits per heavy atom. The molecule has 1 rings (SSSR count). The van der Waals surface area contributed by atoms with Gasteiger partial charge >= 0.3 is 0 Å². The topological polar surface area (TPSA) is 13.1 Å². The third kappa shape index (κ3) is 4.32. The highest BCUT2D eigenvalue weighted by molar-refractivity contribution is 5.13. The number of hydrogen-bond acceptors (Lipinski definition) is 1. The van der Waals surface area contributed by atoms with Crippen molar-refractivity contribution in [3.05, 3.63) is 29.1 Å². The lowest BCUT2D eigenvalue weighted by molar-refractivity contribution is -0.900. The summed E-state index contributed by atoms with van der Waals surface area (Å²) in [7, 11) is 0. The molecule has 0 aliphatic heterocycles. The average Bonchev–Trinajstić information content (AvgIpc) is 2.31. The van der Waals surface area contributed by atoms with Crippen LogP contribution in [0.3, 0.4) is 0 Å². The van der Waals surface area contributed by atoms with Crippen molar-refractivity contribution >= 4 is 0 Å². The minimum Gasteiger partial charge on any atom is -0.271 e. The molecule has 1 aromatic heterocycles. The molecule has 0 saturated carbocycles. The van der Waals surface area contributed by atoms with Crippen molar-refractivity contribution in [1.82, 2.24) is 0 Å². The minimum atomic E-state index is 0.678. The maximum absolute atomic E-state index is 5.99. The molecule has 0 amide bonds. The predicted molar refractivity (Wildman–Crippen MR) is 75.6 cm³/mol. The molecule has 0 bridgehead atoms. The van der Waals surface area contributed by atoms with Crippen LogP contribution in [0.15, 0.2) is 12.1 Å². The Labute approximate surface area is 112 Å². The summed E-state index contributed by atoms with van der Waals surface area (Å²) < 4.78 is 1.97. The lowest BCUT2D eigenvalue weighted by Gasteiger charge is -2.12. The van der Waals surface area contributed by atoms with Gasteiger partial charge in [0.05, 0.1) is 0 Å². The molecule has 0 saturated heterocycles. The fraction of sp³-hybridized carbons (Fsp3) is 0.688. The maximum Gasteiger partial charge on any atom is 0.231 e. The number of rotatable bonds is 7. The van der Waals surface area contributed by atoms with Crippen LogP contribution in [0, 0.1) is 26.7 Å². The van der Waals surface area contributed by atoms with Gasteiger partial charge in [-0.25, -0.2) is 0 Å². The Hall–Kier alpha value is -1.05. The summed E-state index contributed by atoms with van der Waals surface area (Å²) in [4.78, 5) is 5.99. The molecule has 1 unspecified atom stereocenters. The molecule has 0 N–H and O–H groups in total. The molecule has 1 aromatic rings. The van der Waals surface area contributed by atoms with Gasteiger partial charge in [0.1, 0.15) is 0 Å². The molecule has 2 nitrogen and oxygen atoms in total. The van der Waals surface area contributed by atoms with Gasteiger partial charge in [-0.2, -0.15) is 0 Å². The number of unbranched alkanes of at least 4 members (excludes halogenated alkanes) is 1. The van der Waals surface area contributed by atoms with E-state index in [2.05, 4.69) is 46.8 Å². The fourth-order valence-electron chi connectivity index (χ4n) is 2.38. The van der Waals surface area contributed by atoms with Crippen molar-refractivity contribution in [3.63, 3.8) is 0 Å². The quantitative estimate of drug-likeness (QED) is 0.675. The summed E-state index contributed by atoms with van der Waals surface area (Å²) in [6.45, 7) is 11.7. The third-order valence-corrected chi connectivity index (χ3v) is 3.50. The fourth-order valence-corrected chi connectivity index (χ4v) is 2.38.